The molecule has 17 heavy (non-hydrogen) atoms. The molecule has 0 atom stereocenters. The first-order valence-electron chi connectivity index (χ1n) is 5.87. The molecule has 0 saturated heterocycles. The summed E-state index contributed by atoms with van der Waals surface area (Å²) in [4.78, 5) is 0.346. The zero-order valence-electron chi connectivity index (χ0n) is 10.9. The van der Waals surface area contributed by atoms with Gasteiger partial charge in [0.15, 0.2) is 0 Å². The monoisotopic (exact) mass is 255 g/mol. The molecule has 0 radical (unpaired) electrons. The molecule has 1 aromatic rings. The molecule has 0 amide bonds. The lowest BCUT2D eigenvalue weighted by Crippen LogP contribution is -2.25. The molecule has 0 aliphatic heterocycles. The molecular formula is C13H21NO2S. The van der Waals surface area contributed by atoms with E-state index >= 15 is 0 Å². The van der Waals surface area contributed by atoms with Crippen molar-refractivity contribution in [1.29, 1.82) is 0 Å². The molecule has 0 fully saturated rings. The zero-order valence-corrected chi connectivity index (χ0v) is 11.8. The van der Waals surface area contributed by atoms with Crippen molar-refractivity contribution in [3.05, 3.63) is 29.8 Å². The highest BCUT2D eigenvalue weighted by Crippen LogP contribution is 2.24. The lowest BCUT2D eigenvalue weighted by Gasteiger charge is -2.19. The second kappa shape index (κ2) is 5.19. The third kappa shape index (κ3) is 3.82. The highest BCUT2D eigenvalue weighted by Gasteiger charge is 2.18. The molecule has 0 saturated carbocycles. The summed E-state index contributed by atoms with van der Waals surface area (Å²) in [5, 5.41) is 0. The van der Waals surface area contributed by atoms with Crippen molar-refractivity contribution < 1.29 is 8.42 Å². The fourth-order valence-electron chi connectivity index (χ4n) is 1.45. The van der Waals surface area contributed by atoms with Crippen molar-refractivity contribution in [1.82, 2.24) is 4.72 Å². The molecule has 0 aliphatic rings. The van der Waals surface area contributed by atoms with E-state index in [1.807, 2.05) is 13.0 Å². The number of rotatable bonds is 4. The Morgan fingerprint density at radius 1 is 1.24 bits per heavy atom. The fourth-order valence-corrected chi connectivity index (χ4v) is 2.63. The Labute approximate surface area is 104 Å². The van der Waals surface area contributed by atoms with Gasteiger partial charge in [-0.2, -0.15) is 0 Å². The minimum Gasteiger partial charge on any atom is -0.211 e. The summed E-state index contributed by atoms with van der Waals surface area (Å²) < 4.78 is 26.5. The van der Waals surface area contributed by atoms with Gasteiger partial charge in [0.1, 0.15) is 0 Å². The predicted molar refractivity (Wildman–Crippen MR) is 70.6 cm³/mol. The number of benzene rings is 1. The Morgan fingerprint density at radius 2 is 1.88 bits per heavy atom. The van der Waals surface area contributed by atoms with Gasteiger partial charge in [-0.25, -0.2) is 13.1 Å². The smallest absolute Gasteiger partial charge is 0.211 e. The first kappa shape index (κ1) is 14.2. The van der Waals surface area contributed by atoms with E-state index in [2.05, 4.69) is 25.5 Å². The maximum Gasteiger partial charge on any atom is 0.240 e. The standard InChI is InChI=1S/C13H21NO2S/c1-5-9-14-17(15,16)12-8-6-7-11(10-12)13(2,3)4/h6-8,10,14H,5,9H2,1-4H3. The van der Waals surface area contributed by atoms with Gasteiger partial charge in [0, 0.05) is 6.54 Å². The van der Waals surface area contributed by atoms with Crippen LogP contribution in [0.3, 0.4) is 0 Å². The molecule has 4 heteroatoms. The summed E-state index contributed by atoms with van der Waals surface area (Å²) in [5.41, 5.74) is 0.980. The van der Waals surface area contributed by atoms with Crippen molar-refractivity contribution in [2.45, 2.75) is 44.4 Å². The molecule has 0 unspecified atom stereocenters. The average molecular weight is 255 g/mol. The Balaban J connectivity index is 3.08. The molecule has 1 aromatic carbocycles. The Kier molecular flexibility index (Phi) is 4.33. The zero-order chi connectivity index (χ0) is 13.1. The van der Waals surface area contributed by atoms with E-state index in [0.717, 1.165) is 12.0 Å². The summed E-state index contributed by atoms with van der Waals surface area (Å²) >= 11 is 0. The fraction of sp³-hybridized carbons (Fsp3) is 0.538. The van der Waals surface area contributed by atoms with Crippen LogP contribution in [0, 0.1) is 0 Å². The molecule has 0 heterocycles. The van der Waals surface area contributed by atoms with E-state index in [4.69, 9.17) is 0 Å². The van der Waals surface area contributed by atoms with Gasteiger partial charge in [-0.3, -0.25) is 0 Å². The minimum absolute atomic E-state index is 0.0454. The van der Waals surface area contributed by atoms with Crippen LogP contribution in [0.1, 0.15) is 39.7 Å². The first-order chi connectivity index (χ1) is 7.77. The molecule has 1 N–H and O–H groups in total. The summed E-state index contributed by atoms with van der Waals surface area (Å²) in [7, 11) is -3.36. The topological polar surface area (TPSA) is 46.2 Å². The van der Waals surface area contributed by atoms with Crippen molar-refractivity contribution in [3.63, 3.8) is 0 Å². The predicted octanol–water partition coefficient (Wildman–Crippen LogP) is 2.67. The summed E-state index contributed by atoms with van der Waals surface area (Å²) in [6, 6.07) is 7.13. The maximum absolute atomic E-state index is 12.0. The second-order valence-corrected chi connectivity index (χ2v) is 6.94. The first-order valence-corrected chi connectivity index (χ1v) is 7.36. The summed E-state index contributed by atoms with van der Waals surface area (Å²) in [5.74, 6) is 0. The Morgan fingerprint density at radius 3 is 2.41 bits per heavy atom. The lowest BCUT2D eigenvalue weighted by atomic mass is 9.87. The molecule has 3 nitrogen and oxygen atoms in total. The third-order valence-electron chi connectivity index (χ3n) is 2.55. The van der Waals surface area contributed by atoms with E-state index in [0.29, 0.717) is 11.4 Å². The van der Waals surface area contributed by atoms with Crippen LogP contribution in [0.15, 0.2) is 29.2 Å². The molecule has 0 spiro atoms. The highest BCUT2D eigenvalue weighted by atomic mass is 32.2. The molecule has 0 aliphatic carbocycles. The van der Waals surface area contributed by atoms with E-state index < -0.39 is 10.0 Å². The van der Waals surface area contributed by atoms with Gasteiger partial charge in [0.2, 0.25) is 10.0 Å². The molecule has 0 bridgehead atoms. The summed E-state index contributed by atoms with van der Waals surface area (Å²) in [6.45, 7) is 8.62. The second-order valence-electron chi connectivity index (χ2n) is 5.18. The summed E-state index contributed by atoms with van der Waals surface area (Å²) in [6.07, 6.45) is 0.790. The number of hydrogen-bond donors (Lipinski definition) is 1. The molecule has 0 aromatic heterocycles. The van der Waals surface area contributed by atoms with Crippen LogP contribution in [-0.2, 0) is 15.4 Å². The lowest BCUT2D eigenvalue weighted by molar-refractivity contribution is 0.575. The molecular weight excluding hydrogens is 234 g/mol. The largest absolute Gasteiger partial charge is 0.240 e. The Bertz CT molecular complexity index is 472. The van der Waals surface area contributed by atoms with Gasteiger partial charge in [-0.1, -0.05) is 39.8 Å². The highest BCUT2D eigenvalue weighted by molar-refractivity contribution is 7.89. The van der Waals surface area contributed by atoms with Gasteiger partial charge >= 0.3 is 0 Å². The normalized spacial score (nSPS) is 12.7. The quantitative estimate of drug-likeness (QED) is 0.899. The van der Waals surface area contributed by atoms with E-state index in [-0.39, 0.29) is 5.41 Å². The van der Waals surface area contributed by atoms with Crippen LogP contribution in [0.4, 0.5) is 0 Å². The molecule has 1 rings (SSSR count). The number of hydrogen-bond acceptors (Lipinski definition) is 2. The third-order valence-corrected chi connectivity index (χ3v) is 4.01. The van der Waals surface area contributed by atoms with Crippen molar-refractivity contribution in [2.75, 3.05) is 6.54 Å². The minimum atomic E-state index is -3.36. The van der Waals surface area contributed by atoms with Gasteiger partial charge in [-0.15, -0.1) is 0 Å². The van der Waals surface area contributed by atoms with Gasteiger partial charge in [-0.05, 0) is 29.5 Å². The van der Waals surface area contributed by atoms with Crippen LogP contribution < -0.4 is 4.72 Å². The van der Waals surface area contributed by atoms with Crippen LogP contribution in [-0.4, -0.2) is 15.0 Å². The Hall–Kier alpha value is -0.870. The molecule has 96 valence electrons. The van der Waals surface area contributed by atoms with Crippen LogP contribution >= 0.6 is 0 Å². The van der Waals surface area contributed by atoms with Crippen LogP contribution in [0.25, 0.3) is 0 Å². The maximum atomic E-state index is 12.0. The van der Waals surface area contributed by atoms with Gasteiger partial charge in [0.05, 0.1) is 4.90 Å². The van der Waals surface area contributed by atoms with Gasteiger partial charge in [0.25, 0.3) is 0 Å². The van der Waals surface area contributed by atoms with Crippen molar-refractivity contribution >= 4 is 10.0 Å². The number of sulfonamides is 1. The van der Waals surface area contributed by atoms with E-state index in [1.54, 1.807) is 18.2 Å². The van der Waals surface area contributed by atoms with E-state index in [9.17, 15) is 8.42 Å². The van der Waals surface area contributed by atoms with Crippen LogP contribution in [0.5, 0.6) is 0 Å². The van der Waals surface area contributed by atoms with Crippen molar-refractivity contribution in [2.24, 2.45) is 0 Å². The van der Waals surface area contributed by atoms with E-state index in [1.165, 1.54) is 0 Å². The van der Waals surface area contributed by atoms with Gasteiger partial charge < -0.3 is 0 Å². The van der Waals surface area contributed by atoms with Crippen molar-refractivity contribution in [3.8, 4) is 0 Å². The van der Waals surface area contributed by atoms with Crippen LogP contribution in [0.2, 0.25) is 0 Å². The number of nitrogens with one attached hydrogen (secondary N) is 1. The average Bonchev–Trinajstić information content (AvgIpc) is 2.25. The SMILES string of the molecule is CCCNS(=O)(=O)c1cccc(C(C)(C)C)c1.